The first kappa shape index (κ1) is 13.6. The molecule has 1 aromatic rings. The van der Waals surface area contributed by atoms with Gasteiger partial charge in [0.2, 0.25) is 0 Å². The van der Waals surface area contributed by atoms with Gasteiger partial charge in [0.25, 0.3) is 0 Å². The van der Waals surface area contributed by atoms with Gasteiger partial charge in [0, 0.05) is 5.38 Å². The highest BCUT2D eigenvalue weighted by Gasteiger charge is 2.12. The Morgan fingerprint density at radius 3 is 2.69 bits per heavy atom. The van der Waals surface area contributed by atoms with Crippen LogP contribution in [0.4, 0.5) is 0 Å². The molecule has 0 saturated heterocycles. The quantitative estimate of drug-likeness (QED) is 0.672. The second-order valence-corrected chi connectivity index (χ2v) is 4.75. The predicted octanol–water partition coefficient (Wildman–Crippen LogP) is 3.55. The van der Waals surface area contributed by atoms with E-state index in [-0.39, 0.29) is 0 Å². The molecular formula is C12H23N3S. The third-order valence-corrected chi connectivity index (χ3v) is 3.30. The largest absolute Gasteiger partial charge is 0.309 e. The average Bonchev–Trinajstić information content (AvgIpc) is 2.81. The van der Waals surface area contributed by atoms with Crippen LogP contribution in [0.2, 0.25) is 0 Å². The van der Waals surface area contributed by atoms with E-state index in [1.807, 2.05) is 0 Å². The fourth-order valence-corrected chi connectivity index (χ4v) is 2.38. The maximum absolute atomic E-state index is 4.16. The number of aromatic nitrogens is 2. The summed E-state index contributed by atoms with van der Waals surface area (Å²) in [6, 6.07) is 0.408. The van der Waals surface area contributed by atoms with E-state index in [4.69, 9.17) is 0 Å². The summed E-state index contributed by atoms with van der Waals surface area (Å²) in [6.07, 6.45) is 7.85. The number of hydrogen-bond donors (Lipinski definition) is 1. The van der Waals surface area contributed by atoms with E-state index in [1.165, 1.54) is 50.1 Å². The van der Waals surface area contributed by atoms with Crippen molar-refractivity contribution in [1.82, 2.24) is 14.9 Å². The highest BCUT2D eigenvalue weighted by atomic mass is 32.1. The van der Waals surface area contributed by atoms with Crippen LogP contribution in [-0.4, -0.2) is 16.1 Å². The van der Waals surface area contributed by atoms with Crippen molar-refractivity contribution in [3.63, 3.8) is 0 Å². The third kappa shape index (κ3) is 5.03. The number of rotatable bonds is 9. The lowest BCUT2D eigenvalue weighted by Gasteiger charge is -2.14. The first-order valence-corrected chi connectivity index (χ1v) is 7.22. The zero-order chi connectivity index (χ0) is 11.6. The van der Waals surface area contributed by atoms with Crippen molar-refractivity contribution in [2.45, 2.75) is 58.4 Å². The van der Waals surface area contributed by atoms with E-state index in [2.05, 4.69) is 34.1 Å². The smallest absolute Gasteiger partial charge is 0.0924 e. The molecule has 0 amide bonds. The summed E-state index contributed by atoms with van der Waals surface area (Å²) >= 11 is 1.44. The molecule has 0 radical (unpaired) electrons. The molecule has 1 N–H and O–H groups in total. The van der Waals surface area contributed by atoms with Crippen molar-refractivity contribution in [1.29, 1.82) is 0 Å². The molecule has 1 aromatic heterocycles. The van der Waals surface area contributed by atoms with Crippen LogP contribution in [0, 0.1) is 0 Å². The molecule has 0 aliphatic carbocycles. The lowest BCUT2D eigenvalue weighted by Crippen LogP contribution is -2.21. The van der Waals surface area contributed by atoms with Crippen molar-refractivity contribution >= 4 is 11.5 Å². The maximum atomic E-state index is 4.16. The molecule has 1 heterocycles. The number of unbranched alkanes of at least 4 members (excludes halogenated alkanes) is 4. The van der Waals surface area contributed by atoms with Gasteiger partial charge in [0.15, 0.2) is 0 Å². The Balaban J connectivity index is 2.24. The lowest BCUT2D eigenvalue weighted by atomic mass is 10.0. The summed E-state index contributed by atoms with van der Waals surface area (Å²) in [5, 5.41) is 9.69. The average molecular weight is 241 g/mol. The Kier molecular flexibility index (Phi) is 7.34. The van der Waals surface area contributed by atoms with Gasteiger partial charge in [0.1, 0.15) is 0 Å². The minimum atomic E-state index is 0.408. The van der Waals surface area contributed by atoms with Crippen molar-refractivity contribution in [2.75, 3.05) is 6.54 Å². The van der Waals surface area contributed by atoms with Gasteiger partial charge >= 0.3 is 0 Å². The molecular weight excluding hydrogens is 218 g/mol. The predicted molar refractivity (Wildman–Crippen MR) is 69.7 cm³/mol. The van der Waals surface area contributed by atoms with E-state index in [0.29, 0.717) is 6.04 Å². The van der Waals surface area contributed by atoms with Gasteiger partial charge in [-0.15, -0.1) is 5.10 Å². The number of hydrogen-bond acceptors (Lipinski definition) is 4. The van der Waals surface area contributed by atoms with Crippen LogP contribution in [0.25, 0.3) is 0 Å². The number of nitrogens with zero attached hydrogens (tertiary/aromatic N) is 2. The molecule has 0 bridgehead atoms. The van der Waals surface area contributed by atoms with Crippen LogP contribution in [0.5, 0.6) is 0 Å². The summed E-state index contributed by atoms with van der Waals surface area (Å²) in [5.74, 6) is 0. The Morgan fingerprint density at radius 2 is 2.06 bits per heavy atom. The second kappa shape index (κ2) is 8.65. The Labute approximate surface area is 103 Å². The van der Waals surface area contributed by atoms with Crippen LogP contribution in [0.15, 0.2) is 5.38 Å². The molecule has 92 valence electrons. The molecule has 4 heteroatoms. The Morgan fingerprint density at radius 1 is 1.25 bits per heavy atom. The van der Waals surface area contributed by atoms with E-state index in [0.717, 1.165) is 12.2 Å². The standard InChI is InChI=1S/C12H23N3S/c1-3-5-6-7-8-9-11(13-4-2)12-10-16-15-14-12/h10-11,13H,3-9H2,1-2H3. The molecule has 0 aliphatic heterocycles. The summed E-state index contributed by atoms with van der Waals surface area (Å²) in [6.45, 7) is 5.39. The molecule has 16 heavy (non-hydrogen) atoms. The van der Waals surface area contributed by atoms with Crippen molar-refractivity contribution in [2.24, 2.45) is 0 Å². The molecule has 1 rings (SSSR count). The monoisotopic (exact) mass is 241 g/mol. The summed E-state index contributed by atoms with van der Waals surface area (Å²) in [4.78, 5) is 0. The number of nitrogens with one attached hydrogen (secondary N) is 1. The first-order chi connectivity index (χ1) is 7.88. The summed E-state index contributed by atoms with van der Waals surface area (Å²) in [5.41, 5.74) is 1.11. The van der Waals surface area contributed by atoms with Crippen molar-refractivity contribution in [3.8, 4) is 0 Å². The molecule has 1 unspecified atom stereocenters. The minimum absolute atomic E-state index is 0.408. The molecule has 3 nitrogen and oxygen atoms in total. The molecule has 0 saturated carbocycles. The molecule has 0 aliphatic rings. The Hall–Kier alpha value is -0.480. The summed E-state index contributed by atoms with van der Waals surface area (Å²) < 4.78 is 3.93. The van der Waals surface area contributed by atoms with Crippen LogP contribution >= 0.6 is 11.5 Å². The minimum Gasteiger partial charge on any atom is -0.309 e. The lowest BCUT2D eigenvalue weighted by molar-refractivity contribution is 0.469. The maximum Gasteiger partial charge on any atom is 0.0924 e. The summed E-state index contributed by atoms with van der Waals surface area (Å²) in [7, 11) is 0. The van der Waals surface area contributed by atoms with Gasteiger partial charge < -0.3 is 5.32 Å². The van der Waals surface area contributed by atoms with Gasteiger partial charge in [-0.2, -0.15) is 0 Å². The van der Waals surface area contributed by atoms with Gasteiger partial charge in [0.05, 0.1) is 11.7 Å². The fraction of sp³-hybridized carbons (Fsp3) is 0.833. The van der Waals surface area contributed by atoms with Crippen LogP contribution < -0.4 is 5.32 Å². The van der Waals surface area contributed by atoms with Crippen LogP contribution in [-0.2, 0) is 0 Å². The van der Waals surface area contributed by atoms with Gasteiger partial charge in [-0.25, -0.2) is 0 Å². The SMILES string of the molecule is CCCCCCCC(NCC)c1csnn1. The van der Waals surface area contributed by atoms with E-state index in [1.54, 1.807) is 0 Å². The zero-order valence-electron chi connectivity index (χ0n) is 10.4. The highest BCUT2D eigenvalue weighted by Crippen LogP contribution is 2.19. The Bertz CT molecular complexity index is 249. The normalized spacial score (nSPS) is 12.9. The highest BCUT2D eigenvalue weighted by molar-refractivity contribution is 7.03. The topological polar surface area (TPSA) is 37.8 Å². The first-order valence-electron chi connectivity index (χ1n) is 6.38. The molecule has 0 aromatic carbocycles. The van der Waals surface area contributed by atoms with Gasteiger partial charge in [-0.3, -0.25) is 0 Å². The third-order valence-electron chi connectivity index (χ3n) is 2.78. The fourth-order valence-electron chi connectivity index (χ4n) is 1.88. The van der Waals surface area contributed by atoms with Crippen molar-refractivity contribution in [3.05, 3.63) is 11.1 Å². The molecule has 0 spiro atoms. The molecule has 1 atom stereocenters. The van der Waals surface area contributed by atoms with E-state index in [9.17, 15) is 0 Å². The van der Waals surface area contributed by atoms with Crippen LogP contribution in [0.1, 0.15) is 64.1 Å². The zero-order valence-corrected chi connectivity index (χ0v) is 11.2. The second-order valence-electron chi connectivity index (χ2n) is 4.14. The van der Waals surface area contributed by atoms with Gasteiger partial charge in [-0.05, 0) is 24.5 Å². The van der Waals surface area contributed by atoms with Crippen molar-refractivity contribution < 1.29 is 0 Å². The van der Waals surface area contributed by atoms with Crippen LogP contribution in [0.3, 0.4) is 0 Å². The van der Waals surface area contributed by atoms with E-state index < -0.39 is 0 Å². The molecule has 0 fully saturated rings. The van der Waals surface area contributed by atoms with Gasteiger partial charge in [-0.1, -0.05) is 50.4 Å². The van der Waals surface area contributed by atoms with E-state index >= 15 is 0 Å².